The molecule has 21 heavy (non-hydrogen) atoms. The highest BCUT2D eigenvalue weighted by Gasteiger charge is 2.03. The van der Waals surface area contributed by atoms with Crippen LogP contribution in [0.4, 0.5) is 0 Å². The Kier molecular flexibility index (Phi) is 4.17. The summed E-state index contributed by atoms with van der Waals surface area (Å²) in [6.45, 7) is 0.812. The number of nitrogens with zero attached hydrogens (tertiary/aromatic N) is 2. The number of fused-ring (bicyclic) bond motifs is 1. The first-order chi connectivity index (χ1) is 10.3. The third-order valence-corrected chi connectivity index (χ3v) is 3.13. The van der Waals surface area contributed by atoms with Crippen molar-refractivity contribution >= 4 is 22.5 Å². The van der Waals surface area contributed by atoms with Gasteiger partial charge in [0.05, 0.1) is 10.9 Å². The molecule has 3 rings (SSSR count). The Labute approximate surface area is 127 Å². The van der Waals surface area contributed by atoms with Crippen LogP contribution in [0.3, 0.4) is 0 Å². The van der Waals surface area contributed by atoms with E-state index >= 15 is 0 Å². The molecule has 0 saturated heterocycles. The molecule has 5 heteroatoms. The average Bonchev–Trinajstić information content (AvgIpc) is 2.52. The summed E-state index contributed by atoms with van der Waals surface area (Å²) in [6, 6.07) is 15.0. The van der Waals surface area contributed by atoms with Crippen LogP contribution in [0.25, 0.3) is 10.9 Å². The summed E-state index contributed by atoms with van der Waals surface area (Å²) < 4.78 is 11.2. The van der Waals surface area contributed by atoms with Gasteiger partial charge in [0.25, 0.3) is 0 Å². The number of halogens is 1. The number of ether oxygens (including phenoxy) is 2. The molecular formula is C16H13ClN2O2. The van der Waals surface area contributed by atoms with Gasteiger partial charge in [0.1, 0.15) is 25.3 Å². The van der Waals surface area contributed by atoms with Crippen molar-refractivity contribution in [1.29, 1.82) is 0 Å². The van der Waals surface area contributed by atoms with Gasteiger partial charge in [-0.05, 0) is 30.3 Å². The lowest BCUT2D eigenvalue weighted by atomic mass is 10.2. The highest BCUT2D eigenvalue weighted by molar-refractivity contribution is 6.30. The van der Waals surface area contributed by atoms with E-state index in [1.165, 1.54) is 6.33 Å². The minimum Gasteiger partial charge on any atom is -0.490 e. The van der Waals surface area contributed by atoms with Crippen molar-refractivity contribution < 1.29 is 9.47 Å². The molecule has 0 aliphatic heterocycles. The number of benzene rings is 2. The normalized spacial score (nSPS) is 10.5. The molecule has 0 N–H and O–H groups in total. The van der Waals surface area contributed by atoms with Crippen LogP contribution in [0.2, 0.25) is 5.02 Å². The Balaban J connectivity index is 1.60. The van der Waals surface area contributed by atoms with Gasteiger partial charge in [-0.15, -0.1) is 0 Å². The van der Waals surface area contributed by atoms with Gasteiger partial charge >= 0.3 is 0 Å². The van der Waals surface area contributed by atoms with Gasteiger partial charge in [-0.3, -0.25) is 0 Å². The summed E-state index contributed by atoms with van der Waals surface area (Å²) in [6.07, 6.45) is 1.50. The van der Waals surface area contributed by atoms with E-state index in [9.17, 15) is 0 Å². The highest BCUT2D eigenvalue weighted by atomic mass is 35.5. The third kappa shape index (κ3) is 3.41. The summed E-state index contributed by atoms with van der Waals surface area (Å²) in [7, 11) is 0. The molecule has 106 valence electrons. The number of hydrogen-bond acceptors (Lipinski definition) is 4. The predicted octanol–water partition coefficient (Wildman–Crippen LogP) is 3.74. The Morgan fingerprint density at radius 3 is 2.67 bits per heavy atom. The van der Waals surface area contributed by atoms with Crippen molar-refractivity contribution in [2.75, 3.05) is 13.2 Å². The van der Waals surface area contributed by atoms with E-state index in [1.807, 2.05) is 36.4 Å². The molecule has 0 saturated carbocycles. The maximum Gasteiger partial charge on any atom is 0.224 e. The maximum atomic E-state index is 5.89. The molecule has 0 aliphatic rings. The quantitative estimate of drug-likeness (QED) is 0.673. The second kappa shape index (κ2) is 6.41. The van der Waals surface area contributed by atoms with E-state index in [2.05, 4.69) is 9.97 Å². The summed E-state index contributed by atoms with van der Waals surface area (Å²) in [4.78, 5) is 8.35. The average molecular weight is 301 g/mol. The second-order valence-corrected chi connectivity index (χ2v) is 4.79. The largest absolute Gasteiger partial charge is 0.490 e. The Hall–Kier alpha value is -2.33. The van der Waals surface area contributed by atoms with Crippen LogP contribution < -0.4 is 9.47 Å². The smallest absolute Gasteiger partial charge is 0.224 e. The van der Waals surface area contributed by atoms with E-state index in [4.69, 9.17) is 21.1 Å². The summed E-state index contributed by atoms with van der Waals surface area (Å²) in [5.74, 6) is 1.29. The molecule has 0 bridgehead atoms. The van der Waals surface area contributed by atoms with E-state index in [1.54, 1.807) is 12.1 Å². The SMILES string of the molecule is Clc1cccc(OCCOc2ncnc3ccccc23)c1. The van der Waals surface area contributed by atoms with Crippen LogP contribution in [0.15, 0.2) is 54.9 Å². The fourth-order valence-corrected chi connectivity index (χ4v) is 2.13. The van der Waals surface area contributed by atoms with Crippen molar-refractivity contribution in [2.45, 2.75) is 0 Å². The molecule has 0 atom stereocenters. The molecule has 0 spiro atoms. The third-order valence-electron chi connectivity index (χ3n) is 2.89. The fraction of sp³-hybridized carbons (Fsp3) is 0.125. The lowest BCUT2D eigenvalue weighted by Crippen LogP contribution is -2.10. The number of para-hydroxylation sites is 1. The first-order valence-corrected chi connectivity index (χ1v) is 6.91. The lowest BCUT2D eigenvalue weighted by molar-refractivity contribution is 0.213. The van der Waals surface area contributed by atoms with E-state index in [-0.39, 0.29) is 0 Å². The van der Waals surface area contributed by atoms with Crippen molar-refractivity contribution in [1.82, 2.24) is 9.97 Å². The Morgan fingerprint density at radius 2 is 1.76 bits per heavy atom. The molecule has 0 radical (unpaired) electrons. The minimum atomic E-state index is 0.396. The Bertz CT molecular complexity index is 744. The number of hydrogen-bond donors (Lipinski definition) is 0. The zero-order valence-electron chi connectivity index (χ0n) is 11.2. The van der Waals surface area contributed by atoms with Gasteiger partial charge in [-0.2, -0.15) is 0 Å². The lowest BCUT2D eigenvalue weighted by Gasteiger charge is -2.09. The standard InChI is InChI=1S/C16H13ClN2O2/c17-12-4-3-5-13(10-12)20-8-9-21-16-14-6-1-2-7-15(14)18-11-19-16/h1-7,10-11H,8-9H2. The number of rotatable bonds is 5. The zero-order valence-corrected chi connectivity index (χ0v) is 12.0. The number of aromatic nitrogens is 2. The van der Waals surface area contributed by atoms with Gasteiger partial charge in [0, 0.05) is 5.02 Å². The van der Waals surface area contributed by atoms with Crippen LogP contribution >= 0.6 is 11.6 Å². The minimum absolute atomic E-state index is 0.396. The molecule has 1 heterocycles. The predicted molar refractivity (Wildman–Crippen MR) is 82.0 cm³/mol. The summed E-state index contributed by atoms with van der Waals surface area (Å²) >= 11 is 5.89. The van der Waals surface area contributed by atoms with Gasteiger partial charge in [-0.25, -0.2) is 9.97 Å². The van der Waals surface area contributed by atoms with Crippen LogP contribution in [0, 0.1) is 0 Å². The first-order valence-electron chi connectivity index (χ1n) is 6.54. The Morgan fingerprint density at radius 1 is 0.905 bits per heavy atom. The molecule has 0 unspecified atom stereocenters. The van der Waals surface area contributed by atoms with Crippen LogP contribution in [0.1, 0.15) is 0 Å². The van der Waals surface area contributed by atoms with Gasteiger partial charge < -0.3 is 9.47 Å². The monoisotopic (exact) mass is 300 g/mol. The molecule has 3 aromatic rings. The maximum absolute atomic E-state index is 5.89. The van der Waals surface area contributed by atoms with E-state index in [0.717, 1.165) is 16.7 Å². The molecule has 4 nitrogen and oxygen atoms in total. The summed E-state index contributed by atoms with van der Waals surface area (Å²) in [5, 5.41) is 1.54. The molecule has 2 aromatic carbocycles. The highest BCUT2D eigenvalue weighted by Crippen LogP contribution is 2.20. The van der Waals surface area contributed by atoms with E-state index < -0.39 is 0 Å². The molecule has 0 fully saturated rings. The fourth-order valence-electron chi connectivity index (χ4n) is 1.95. The van der Waals surface area contributed by atoms with Crippen molar-refractivity contribution in [3.05, 3.63) is 59.9 Å². The van der Waals surface area contributed by atoms with E-state index in [0.29, 0.717) is 24.1 Å². The van der Waals surface area contributed by atoms with Crippen molar-refractivity contribution in [3.8, 4) is 11.6 Å². The topological polar surface area (TPSA) is 44.2 Å². The van der Waals surface area contributed by atoms with Crippen molar-refractivity contribution in [2.24, 2.45) is 0 Å². The second-order valence-electron chi connectivity index (χ2n) is 4.35. The first kappa shape index (κ1) is 13.6. The van der Waals surface area contributed by atoms with Gasteiger partial charge in [0.2, 0.25) is 5.88 Å². The molecular weight excluding hydrogens is 288 g/mol. The summed E-state index contributed by atoms with van der Waals surface area (Å²) in [5.41, 5.74) is 0.859. The molecule has 0 aliphatic carbocycles. The van der Waals surface area contributed by atoms with Crippen LogP contribution in [-0.2, 0) is 0 Å². The van der Waals surface area contributed by atoms with Crippen molar-refractivity contribution in [3.63, 3.8) is 0 Å². The van der Waals surface area contributed by atoms with Gasteiger partial charge in [-0.1, -0.05) is 29.8 Å². The molecule has 1 aromatic heterocycles. The zero-order chi connectivity index (χ0) is 14.5. The molecule has 0 amide bonds. The van der Waals surface area contributed by atoms with Crippen LogP contribution in [0.5, 0.6) is 11.6 Å². The van der Waals surface area contributed by atoms with Gasteiger partial charge in [0.15, 0.2) is 0 Å². The van der Waals surface area contributed by atoms with Crippen LogP contribution in [-0.4, -0.2) is 23.2 Å².